The minimum atomic E-state index is -0.0292. The average molecular weight is 472 g/mol. The van der Waals surface area contributed by atoms with Gasteiger partial charge in [0.15, 0.2) is 0 Å². The number of piperidine rings is 1. The lowest BCUT2D eigenvalue weighted by Gasteiger charge is -2.32. The van der Waals surface area contributed by atoms with Gasteiger partial charge in [-0.05, 0) is 61.6 Å². The van der Waals surface area contributed by atoms with E-state index in [9.17, 15) is 10.2 Å². The number of nitrogens with one attached hydrogen (secondary N) is 1. The maximum atomic E-state index is 10.5. The second-order valence-electron chi connectivity index (χ2n) is 9.56. The van der Waals surface area contributed by atoms with E-state index >= 15 is 0 Å². The highest BCUT2D eigenvalue weighted by molar-refractivity contribution is 5.83. The molecule has 0 amide bonds. The van der Waals surface area contributed by atoms with Crippen LogP contribution < -0.4 is 5.32 Å². The summed E-state index contributed by atoms with van der Waals surface area (Å²) in [7, 11) is 0. The van der Waals surface area contributed by atoms with Crippen molar-refractivity contribution in [2.24, 2.45) is 0 Å². The number of imidazole rings is 1. The first-order chi connectivity index (χ1) is 17.0. The van der Waals surface area contributed by atoms with Crippen LogP contribution in [0.5, 0.6) is 5.75 Å². The molecule has 1 saturated heterocycles. The fourth-order valence-corrected chi connectivity index (χ4v) is 4.96. The molecular weight excluding hydrogens is 438 g/mol. The number of hydrogen-bond acceptors (Lipinski definition) is 6. The number of aryl methyl sites for hydroxylation is 2. The Morgan fingerprint density at radius 1 is 0.943 bits per heavy atom. The molecule has 0 radical (unpaired) electrons. The van der Waals surface area contributed by atoms with Crippen molar-refractivity contribution in [1.29, 1.82) is 0 Å². The highest BCUT2D eigenvalue weighted by Gasteiger charge is 2.23. The molecule has 0 bridgehead atoms. The van der Waals surface area contributed by atoms with Crippen molar-refractivity contribution in [3.8, 4) is 5.75 Å². The van der Waals surface area contributed by atoms with Crippen LogP contribution in [0, 0.1) is 13.8 Å². The number of hydrogen-bond donors (Lipinski definition) is 3. The molecule has 0 spiro atoms. The number of fused-ring (bicyclic) bond motifs is 1. The second kappa shape index (κ2) is 10.1. The SMILES string of the molecule is Cc1ccc(O)c(Cn2c(NC3CCN(Cc4ccccc4)CC3)nc3c(C)cc(CO)cc32)n1. The fraction of sp³-hybridized carbons (Fsp3) is 0.357. The summed E-state index contributed by atoms with van der Waals surface area (Å²) in [5, 5.41) is 23.9. The van der Waals surface area contributed by atoms with Gasteiger partial charge in [-0.25, -0.2) is 4.98 Å². The molecule has 7 heteroatoms. The Morgan fingerprint density at radius 3 is 2.46 bits per heavy atom. The van der Waals surface area contributed by atoms with E-state index < -0.39 is 0 Å². The van der Waals surface area contributed by atoms with E-state index in [1.165, 1.54) is 5.56 Å². The zero-order valence-electron chi connectivity index (χ0n) is 20.4. The van der Waals surface area contributed by atoms with E-state index in [1.807, 2.05) is 26.0 Å². The Morgan fingerprint density at radius 2 is 1.71 bits per heavy atom. The molecule has 2 aromatic heterocycles. The highest BCUT2D eigenvalue weighted by Crippen LogP contribution is 2.29. The van der Waals surface area contributed by atoms with Gasteiger partial charge in [-0.1, -0.05) is 36.4 Å². The Labute approximate surface area is 206 Å². The first-order valence-corrected chi connectivity index (χ1v) is 12.3. The van der Waals surface area contributed by atoms with Crippen molar-refractivity contribution in [2.45, 2.75) is 52.4 Å². The van der Waals surface area contributed by atoms with Crippen LogP contribution in [0.2, 0.25) is 0 Å². The van der Waals surface area contributed by atoms with Crippen molar-refractivity contribution < 1.29 is 10.2 Å². The number of benzene rings is 2. The quantitative estimate of drug-likeness (QED) is 0.371. The number of aliphatic hydroxyl groups excluding tert-OH is 1. The van der Waals surface area contributed by atoms with Crippen LogP contribution in [0.4, 0.5) is 5.95 Å². The lowest BCUT2D eigenvalue weighted by Crippen LogP contribution is -2.39. The van der Waals surface area contributed by atoms with Crippen molar-refractivity contribution in [2.75, 3.05) is 18.4 Å². The molecule has 182 valence electrons. The lowest BCUT2D eigenvalue weighted by molar-refractivity contribution is 0.211. The summed E-state index contributed by atoms with van der Waals surface area (Å²) in [4.78, 5) is 12.0. The zero-order chi connectivity index (χ0) is 24.4. The molecule has 3 heterocycles. The molecule has 5 rings (SSSR count). The van der Waals surface area contributed by atoms with Crippen LogP contribution in [-0.2, 0) is 19.7 Å². The largest absolute Gasteiger partial charge is 0.506 e. The molecule has 0 saturated carbocycles. The molecule has 0 aliphatic carbocycles. The maximum Gasteiger partial charge on any atom is 0.204 e. The summed E-state index contributed by atoms with van der Waals surface area (Å²) in [5.41, 5.74) is 6.51. The van der Waals surface area contributed by atoms with Crippen molar-refractivity contribution in [1.82, 2.24) is 19.4 Å². The monoisotopic (exact) mass is 471 g/mol. The number of aromatic hydroxyl groups is 1. The molecular formula is C28H33N5O2. The Bertz CT molecular complexity index is 1310. The summed E-state index contributed by atoms with van der Waals surface area (Å²) in [6.45, 7) is 7.35. The van der Waals surface area contributed by atoms with Crippen LogP contribution in [0.3, 0.4) is 0 Å². The van der Waals surface area contributed by atoms with Crippen LogP contribution >= 0.6 is 0 Å². The third-order valence-corrected chi connectivity index (χ3v) is 6.85. The van der Waals surface area contributed by atoms with Gasteiger partial charge in [0.25, 0.3) is 0 Å². The van der Waals surface area contributed by atoms with E-state index in [0.717, 1.165) is 66.3 Å². The van der Waals surface area contributed by atoms with Gasteiger partial charge in [0.2, 0.25) is 5.95 Å². The summed E-state index contributed by atoms with van der Waals surface area (Å²) in [6, 6.07) is 18.4. The van der Waals surface area contributed by atoms with Gasteiger partial charge in [-0.3, -0.25) is 9.88 Å². The van der Waals surface area contributed by atoms with Crippen LogP contribution in [0.25, 0.3) is 11.0 Å². The van der Waals surface area contributed by atoms with E-state index in [4.69, 9.17) is 4.98 Å². The van der Waals surface area contributed by atoms with E-state index in [0.29, 0.717) is 18.3 Å². The number of rotatable bonds is 7. The van der Waals surface area contributed by atoms with Crippen molar-refractivity contribution in [3.63, 3.8) is 0 Å². The zero-order valence-corrected chi connectivity index (χ0v) is 20.4. The average Bonchev–Trinajstić information content (AvgIpc) is 3.20. The number of likely N-dealkylation sites (tertiary alicyclic amines) is 1. The van der Waals surface area contributed by atoms with Gasteiger partial charge in [0.05, 0.1) is 24.2 Å². The Balaban J connectivity index is 1.40. The number of aliphatic hydroxyl groups is 1. The van der Waals surface area contributed by atoms with Gasteiger partial charge in [-0.2, -0.15) is 0 Å². The second-order valence-corrected chi connectivity index (χ2v) is 9.56. The molecule has 7 nitrogen and oxygen atoms in total. The minimum absolute atomic E-state index is 0.0292. The van der Waals surface area contributed by atoms with E-state index in [2.05, 4.69) is 50.1 Å². The Kier molecular flexibility index (Phi) is 6.70. The van der Waals surface area contributed by atoms with Gasteiger partial charge >= 0.3 is 0 Å². The highest BCUT2D eigenvalue weighted by atomic mass is 16.3. The smallest absolute Gasteiger partial charge is 0.204 e. The minimum Gasteiger partial charge on any atom is -0.506 e. The van der Waals surface area contributed by atoms with Crippen LogP contribution in [0.15, 0.2) is 54.6 Å². The van der Waals surface area contributed by atoms with E-state index in [-0.39, 0.29) is 12.4 Å². The van der Waals surface area contributed by atoms with Crippen LogP contribution in [0.1, 0.15) is 40.9 Å². The molecule has 3 N–H and O–H groups in total. The normalized spacial score (nSPS) is 15.1. The van der Waals surface area contributed by atoms with E-state index in [1.54, 1.807) is 12.1 Å². The molecule has 1 aliphatic rings. The van der Waals surface area contributed by atoms with Gasteiger partial charge < -0.3 is 20.1 Å². The summed E-state index contributed by atoms with van der Waals surface area (Å²) < 4.78 is 2.08. The van der Waals surface area contributed by atoms with Crippen molar-refractivity contribution in [3.05, 3.63) is 82.7 Å². The molecule has 0 unspecified atom stereocenters. The summed E-state index contributed by atoms with van der Waals surface area (Å²) >= 11 is 0. The topological polar surface area (TPSA) is 86.4 Å². The summed E-state index contributed by atoms with van der Waals surface area (Å²) in [5.74, 6) is 0.954. The molecule has 0 atom stereocenters. The number of aromatic nitrogens is 3. The number of anilines is 1. The van der Waals surface area contributed by atoms with Gasteiger partial charge in [-0.15, -0.1) is 0 Å². The third-order valence-electron chi connectivity index (χ3n) is 6.85. The summed E-state index contributed by atoms with van der Waals surface area (Å²) in [6.07, 6.45) is 2.07. The first kappa shape index (κ1) is 23.3. The third kappa shape index (κ3) is 5.16. The predicted molar refractivity (Wildman–Crippen MR) is 138 cm³/mol. The lowest BCUT2D eigenvalue weighted by atomic mass is 10.0. The number of nitrogens with zero attached hydrogens (tertiary/aromatic N) is 4. The molecule has 1 fully saturated rings. The van der Waals surface area contributed by atoms with Gasteiger partial charge in [0, 0.05) is 31.4 Å². The molecule has 35 heavy (non-hydrogen) atoms. The van der Waals surface area contributed by atoms with Crippen LogP contribution in [-0.4, -0.2) is 48.8 Å². The Hall–Kier alpha value is -3.42. The van der Waals surface area contributed by atoms with Crippen molar-refractivity contribution >= 4 is 17.0 Å². The fourth-order valence-electron chi connectivity index (χ4n) is 4.96. The van der Waals surface area contributed by atoms with Gasteiger partial charge in [0.1, 0.15) is 11.4 Å². The molecule has 4 aromatic rings. The predicted octanol–water partition coefficient (Wildman–Crippen LogP) is 4.37. The standard InChI is InChI=1S/C28H33N5O2/c1-19-14-22(18-34)15-25-27(19)31-28(33(25)17-24-26(35)9-8-20(2)29-24)30-23-10-12-32(13-11-23)16-21-6-4-3-5-7-21/h3-9,14-15,23,34-35H,10-13,16-18H2,1-2H3,(H,30,31). The first-order valence-electron chi connectivity index (χ1n) is 12.3. The maximum absolute atomic E-state index is 10.5. The number of pyridine rings is 1. The molecule has 1 aliphatic heterocycles. The molecule has 2 aromatic carbocycles.